The summed E-state index contributed by atoms with van der Waals surface area (Å²) < 4.78 is 0. The summed E-state index contributed by atoms with van der Waals surface area (Å²) in [6.45, 7) is 9.02. The monoisotopic (exact) mass is 315 g/mol. The summed E-state index contributed by atoms with van der Waals surface area (Å²) in [5.74, 6) is 0. The van der Waals surface area contributed by atoms with Gasteiger partial charge in [0.2, 0.25) is 0 Å². The van der Waals surface area contributed by atoms with Crippen LogP contribution in [0.5, 0.6) is 0 Å². The lowest BCUT2D eigenvalue weighted by Crippen LogP contribution is -2.31. The molecule has 0 aliphatic carbocycles. The van der Waals surface area contributed by atoms with E-state index >= 15 is 0 Å². The summed E-state index contributed by atoms with van der Waals surface area (Å²) in [5, 5.41) is 3.38. The van der Waals surface area contributed by atoms with Crippen LogP contribution in [0.4, 0.5) is 0 Å². The smallest absolute Gasteiger partial charge is 0.0897 e. The van der Waals surface area contributed by atoms with E-state index in [9.17, 15) is 0 Å². The zero-order chi connectivity index (χ0) is 15.2. The highest BCUT2D eigenvalue weighted by atomic mass is 32.1. The van der Waals surface area contributed by atoms with Crippen molar-refractivity contribution >= 4 is 11.3 Å². The molecule has 2 aromatic rings. The van der Waals surface area contributed by atoms with Crippen LogP contribution in [-0.4, -0.2) is 47.5 Å². The first kappa shape index (κ1) is 15.7. The molecule has 0 spiro atoms. The van der Waals surface area contributed by atoms with Gasteiger partial charge in [-0.2, -0.15) is 0 Å². The number of thiazole rings is 1. The molecule has 0 N–H and O–H groups in total. The number of aryl methyl sites for hydroxylation is 1. The minimum absolute atomic E-state index is 1.01. The second-order valence-corrected chi connectivity index (χ2v) is 7.13. The second-order valence-electron chi connectivity index (χ2n) is 6.06. The highest BCUT2D eigenvalue weighted by Gasteiger charge is 2.15. The zero-order valence-electron chi connectivity index (χ0n) is 13.4. The Bertz CT molecular complexity index is 567. The number of hydrogen-bond donors (Lipinski definition) is 0. The predicted octanol–water partition coefficient (Wildman–Crippen LogP) is 3.20. The van der Waals surface area contributed by atoms with Crippen LogP contribution in [-0.2, 0) is 13.0 Å². The fraction of sp³-hybridized carbons (Fsp3) is 0.500. The Balaban J connectivity index is 1.45. The summed E-state index contributed by atoms with van der Waals surface area (Å²) in [7, 11) is 0. The molecule has 0 amide bonds. The van der Waals surface area contributed by atoms with Gasteiger partial charge < -0.3 is 4.90 Å². The molecule has 2 heterocycles. The van der Waals surface area contributed by atoms with E-state index < -0.39 is 0 Å². The zero-order valence-corrected chi connectivity index (χ0v) is 14.2. The standard InChI is InChI=1S/C18H25N3S/c1-16-19-18(15-22-16)14-21-10-5-9-20(12-13-21)11-8-17-6-3-2-4-7-17/h2-4,6-7,15H,5,8-14H2,1H3. The fourth-order valence-corrected chi connectivity index (χ4v) is 3.65. The van der Waals surface area contributed by atoms with Crippen LogP contribution < -0.4 is 0 Å². The highest BCUT2D eigenvalue weighted by Crippen LogP contribution is 2.13. The topological polar surface area (TPSA) is 19.4 Å². The minimum Gasteiger partial charge on any atom is -0.302 e. The van der Waals surface area contributed by atoms with E-state index in [0.29, 0.717) is 0 Å². The maximum absolute atomic E-state index is 4.59. The van der Waals surface area contributed by atoms with Crippen molar-refractivity contribution in [2.24, 2.45) is 0 Å². The van der Waals surface area contributed by atoms with E-state index in [0.717, 1.165) is 19.5 Å². The van der Waals surface area contributed by atoms with Gasteiger partial charge in [-0.1, -0.05) is 30.3 Å². The first-order valence-electron chi connectivity index (χ1n) is 8.19. The average Bonchev–Trinajstić information content (AvgIpc) is 2.81. The van der Waals surface area contributed by atoms with Gasteiger partial charge in [-0.15, -0.1) is 11.3 Å². The van der Waals surface area contributed by atoms with Gasteiger partial charge in [0.15, 0.2) is 0 Å². The van der Waals surface area contributed by atoms with Gasteiger partial charge in [0.1, 0.15) is 0 Å². The first-order chi connectivity index (χ1) is 10.8. The third-order valence-electron chi connectivity index (χ3n) is 4.29. The van der Waals surface area contributed by atoms with Crippen LogP contribution in [0.15, 0.2) is 35.7 Å². The quantitative estimate of drug-likeness (QED) is 0.844. The second kappa shape index (κ2) is 7.86. The van der Waals surface area contributed by atoms with Crippen LogP contribution in [0, 0.1) is 6.92 Å². The highest BCUT2D eigenvalue weighted by molar-refractivity contribution is 7.09. The molecule has 118 valence electrons. The summed E-state index contributed by atoms with van der Waals surface area (Å²) >= 11 is 1.76. The Hall–Kier alpha value is -1.23. The van der Waals surface area contributed by atoms with Gasteiger partial charge in [0, 0.05) is 31.6 Å². The summed E-state index contributed by atoms with van der Waals surface area (Å²) in [5.41, 5.74) is 2.68. The number of rotatable bonds is 5. The van der Waals surface area contributed by atoms with Crippen LogP contribution in [0.25, 0.3) is 0 Å². The van der Waals surface area contributed by atoms with E-state index in [-0.39, 0.29) is 0 Å². The maximum atomic E-state index is 4.59. The molecule has 1 aromatic carbocycles. The van der Waals surface area contributed by atoms with Crippen molar-refractivity contribution in [3.8, 4) is 0 Å². The van der Waals surface area contributed by atoms with Crippen LogP contribution in [0.1, 0.15) is 22.7 Å². The van der Waals surface area contributed by atoms with Crippen molar-refractivity contribution in [1.82, 2.24) is 14.8 Å². The number of nitrogens with zero attached hydrogens (tertiary/aromatic N) is 3. The lowest BCUT2D eigenvalue weighted by atomic mass is 10.1. The van der Waals surface area contributed by atoms with Gasteiger partial charge in [-0.25, -0.2) is 4.98 Å². The molecule has 1 aromatic heterocycles. The molecule has 0 bridgehead atoms. The van der Waals surface area contributed by atoms with Crippen molar-refractivity contribution in [3.05, 3.63) is 52.0 Å². The molecule has 0 saturated carbocycles. The van der Waals surface area contributed by atoms with Crippen LogP contribution in [0.3, 0.4) is 0 Å². The molecular formula is C18H25N3S. The van der Waals surface area contributed by atoms with Crippen molar-refractivity contribution < 1.29 is 0 Å². The summed E-state index contributed by atoms with van der Waals surface area (Å²) in [6.07, 6.45) is 2.42. The fourth-order valence-electron chi connectivity index (χ4n) is 3.05. The van der Waals surface area contributed by atoms with E-state index in [1.54, 1.807) is 11.3 Å². The Morgan fingerprint density at radius 2 is 1.82 bits per heavy atom. The molecule has 3 rings (SSSR count). The molecule has 4 heteroatoms. The van der Waals surface area contributed by atoms with Gasteiger partial charge in [-0.05, 0) is 38.4 Å². The molecule has 1 aliphatic heterocycles. The summed E-state index contributed by atoms with van der Waals surface area (Å²) in [4.78, 5) is 9.76. The Morgan fingerprint density at radius 1 is 1.05 bits per heavy atom. The molecule has 0 unspecified atom stereocenters. The van der Waals surface area contributed by atoms with Gasteiger partial charge in [0.25, 0.3) is 0 Å². The molecule has 1 fully saturated rings. The minimum atomic E-state index is 1.01. The Morgan fingerprint density at radius 3 is 2.59 bits per heavy atom. The van der Waals surface area contributed by atoms with Gasteiger partial charge >= 0.3 is 0 Å². The third kappa shape index (κ3) is 4.63. The lowest BCUT2D eigenvalue weighted by Gasteiger charge is -2.21. The first-order valence-corrected chi connectivity index (χ1v) is 9.07. The van der Waals surface area contributed by atoms with Crippen molar-refractivity contribution in [2.45, 2.75) is 26.3 Å². The van der Waals surface area contributed by atoms with E-state index in [1.807, 2.05) is 0 Å². The maximum Gasteiger partial charge on any atom is 0.0897 e. The lowest BCUT2D eigenvalue weighted by molar-refractivity contribution is 0.251. The molecular weight excluding hydrogens is 290 g/mol. The molecule has 1 saturated heterocycles. The number of aromatic nitrogens is 1. The Labute approximate surface area is 137 Å². The van der Waals surface area contributed by atoms with E-state index in [2.05, 4.69) is 57.4 Å². The van der Waals surface area contributed by atoms with E-state index in [1.165, 1.54) is 48.9 Å². The van der Waals surface area contributed by atoms with Crippen molar-refractivity contribution in [3.63, 3.8) is 0 Å². The number of hydrogen-bond acceptors (Lipinski definition) is 4. The predicted molar refractivity (Wildman–Crippen MR) is 93.3 cm³/mol. The molecule has 3 nitrogen and oxygen atoms in total. The SMILES string of the molecule is Cc1nc(CN2CCCN(CCc3ccccc3)CC2)cs1. The third-order valence-corrected chi connectivity index (χ3v) is 5.12. The number of benzene rings is 1. The Kier molecular flexibility index (Phi) is 5.59. The van der Waals surface area contributed by atoms with Gasteiger partial charge in [0.05, 0.1) is 10.7 Å². The van der Waals surface area contributed by atoms with E-state index in [4.69, 9.17) is 0 Å². The molecule has 0 radical (unpaired) electrons. The van der Waals surface area contributed by atoms with Crippen LogP contribution >= 0.6 is 11.3 Å². The van der Waals surface area contributed by atoms with Crippen molar-refractivity contribution in [1.29, 1.82) is 0 Å². The normalized spacial score (nSPS) is 17.5. The van der Waals surface area contributed by atoms with Crippen molar-refractivity contribution in [2.75, 3.05) is 32.7 Å². The molecule has 0 atom stereocenters. The summed E-state index contributed by atoms with van der Waals surface area (Å²) in [6, 6.07) is 10.8. The molecule has 22 heavy (non-hydrogen) atoms. The van der Waals surface area contributed by atoms with Crippen LogP contribution in [0.2, 0.25) is 0 Å². The van der Waals surface area contributed by atoms with Gasteiger partial charge in [-0.3, -0.25) is 4.90 Å². The largest absolute Gasteiger partial charge is 0.302 e. The molecule has 1 aliphatic rings. The average molecular weight is 315 g/mol.